The van der Waals surface area contributed by atoms with Gasteiger partial charge in [0.2, 0.25) is 0 Å². The number of carbonyl (C=O) groups is 1. The van der Waals surface area contributed by atoms with E-state index in [2.05, 4.69) is 25.7 Å². The first-order valence-corrected chi connectivity index (χ1v) is 9.66. The van der Waals surface area contributed by atoms with E-state index in [0.717, 1.165) is 24.8 Å². The topological polar surface area (TPSA) is 26.3 Å². The van der Waals surface area contributed by atoms with E-state index in [-0.39, 0.29) is 11.7 Å². The Kier molecular flexibility index (Phi) is 14.2. The number of ketones is 1. The van der Waals surface area contributed by atoms with E-state index in [1.54, 1.807) is 7.11 Å². The molecule has 0 aliphatic rings. The van der Waals surface area contributed by atoms with Crippen LogP contribution in [-0.4, -0.2) is 19.5 Å². The van der Waals surface area contributed by atoms with Gasteiger partial charge >= 0.3 is 0 Å². The SMILES string of the molecule is C=C(CC)CCC(/C=C\COC)=C/C(C)C(=O)Cc1ccccc1.CC. The van der Waals surface area contributed by atoms with E-state index >= 15 is 0 Å². The first kappa shape index (κ1) is 24.1. The van der Waals surface area contributed by atoms with Gasteiger partial charge in [-0.25, -0.2) is 0 Å². The zero-order valence-corrected chi connectivity index (χ0v) is 17.3. The highest BCUT2D eigenvalue weighted by atomic mass is 16.5. The van der Waals surface area contributed by atoms with Gasteiger partial charge in [0.1, 0.15) is 5.78 Å². The van der Waals surface area contributed by atoms with Crippen LogP contribution in [0.1, 0.15) is 52.5 Å². The van der Waals surface area contributed by atoms with Gasteiger partial charge in [0.05, 0.1) is 6.61 Å². The lowest BCUT2D eigenvalue weighted by atomic mass is 9.95. The molecule has 0 saturated heterocycles. The number of ether oxygens (including phenoxy) is 1. The number of rotatable bonds is 11. The summed E-state index contributed by atoms with van der Waals surface area (Å²) in [5.41, 5.74) is 3.48. The Bertz CT molecular complexity index is 567. The molecular weight excluding hydrogens is 320 g/mol. The van der Waals surface area contributed by atoms with Gasteiger partial charge in [-0.15, -0.1) is 0 Å². The average Bonchev–Trinajstić information content (AvgIpc) is 2.68. The van der Waals surface area contributed by atoms with Crippen LogP contribution in [0.4, 0.5) is 0 Å². The predicted octanol–water partition coefficient (Wildman–Crippen LogP) is 6.34. The molecule has 0 fully saturated rings. The third-order valence-electron chi connectivity index (χ3n) is 4.06. The third kappa shape index (κ3) is 10.8. The minimum absolute atomic E-state index is 0.0951. The molecule has 0 aliphatic carbocycles. The van der Waals surface area contributed by atoms with Crippen LogP contribution in [0.5, 0.6) is 0 Å². The van der Waals surface area contributed by atoms with Gasteiger partial charge in [0, 0.05) is 19.4 Å². The number of carbonyl (C=O) groups excluding carboxylic acids is 1. The molecule has 0 N–H and O–H groups in total. The van der Waals surface area contributed by atoms with Crippen molar-refractivity contribution in [3.8, 4) is 0 Å². The summed E-state index contributed by atoms with van der Waals surface area (Å²) in [7, 11) is 1.68. The van der Waals surface area contributed by atoms with E-state index in [1.165, 1.54) is 11.1 Å². The second kappa shape index (κ2) is 15.3. The highest BCUT2D eigenvalue weighted by molar-refractivity contribution is 5.84. The Morgan fingerprint density at radius 3 is 2.42 bits per heavy atom. The molecule has 1 rings (SSSR count). The Morgan fingerprint density at radius 2 is 1.85 bits per heavy atom. The van der Waals surface area contributed by atoms with E-state index in [4.69, 9.17) is 4.74 Å². The van der Waals surface area contributed by atoms with E-state index in [0.29, 0.717) is 13.0 Å². The molecular formula is C24H36O2. The Labute approximate surface area is 160 Å². The van der Waals surface area contributed by atoms with Crippen molar-refractivity contribution in [3.05, 3.63) is 71.8 Å². The largest absolute Gasteiger partial charge is 0.381 e. The lowest BCUT2D eigenvalue weighted by molar-refractivity contribution is -0.120. The monoisotopic (exact) mass is 356 g/mol. The van der Waals surface area contributed by atoms with Gasteiger partial charge in [-0.05, 0) is 24.8 Å². The van der Waals surface area contributed by atoms with Crippen molar-refractivity contribution in [2.75, 3.05) is 13.7 Å². The van der Waals surface area contributed by atoms with Crippen LogP contribution in [0.25, 0.3) is 0 Å². The first-order valence-electron chi connectivity index (χ1n) is 9.66. The van der Waals surface area contributed by atoms with Gasteiger partial charge < -0.3 is 4.74 Å². The maximum absolute atomic E-state index is 12.5. The molecule has 0 amide bonds. The maximum atomic E-state index is 12.5. The normalized spacial score (nSPS) is 12.4. The third-order valence-corrected chi connectivity index (χ3v) is 4.06. The van der Waals surface area contributed by atoms with Crippen LogP contribution in [0, 0.1) is 5.92 Å². The summed E-state index contributed by atoms with van der Waals surface area (Å²) >= 11 is 0. The lowest BCUT2D eigenvalue weighted by Gasteiger charge is -2.10. The minimum Gasteiger partial charge on any atom is -0.381 e. The van der Waals surface area contributed by atoms with Crippen LogP contribution < -0.4 is 0 Å². The quantitative estimate of drug-likeness (QED) is 0.342. The van der Waals surface area contributed by atoms with Gasteiger partial charge in [0.15, 0.2) is 0 Å². The Morgan fingerprint density at radius 1 is 1.19 bits per heavy atom. The highest BCUT2D eigenvalue weighted by Gasteiger charge is 2.11. The maximum Gasteiger partial charge on any atom is 0.143 e. The fourth-order valence-electron chi connectivity index (χ4n) is 2.39. The summed E-state index contributed by atoms with van der Waals surface area (Å²) in [6.45, 7) is 12.8. The molecule has 1 unspecified atom stereocenters. The van der Waals surface area contributed by atoms with Crippen LogP contribution in [0.2, 0.25) is 0 Å². The number of Topliss-reactive ketones (excluding diaryl/α,β-unsaturated/α-hetero) is 1. The van der Waals surface area contributed by atoms with Crippen molar-refractivity contribution in [3.63, 3.8) is 0 Å². The van der Waals surface area contributed by atoms with E-state index < -0.39 is 0 Å². The van der Waals surface area contributed by atoms with Crippen LogP contribution in [-0.2, 0) is 16.0 Å². The molecule has 0 spiro atoms. The second-order valence-electron chi connectivity index (χ2n) is 6.12. The number of allylic oxidation sites excluding steroid dienone is 4. The molecule has 2 heteroatoms. The molecule has 0 aromatic heterocycles. The van der Waals surface area contributed by atoms with Crippen molar-refractivity contribution < 1.29 is 9.53 Å². The number of methoxy groups -OCH3 is 1. The molecule has 0 heterocycles. The fourth-order valence-corrected chi connectivity index (χ4v) is 2.39. The molecule has 0 aliphatic heterocycles. The summed E-state index contributed by atoms with van der Waals surface area (Å²) in [5, 5.41) is 0. The molecule has 144 valence electrons. The number of hydrogen-bond acceptors (Lipinski definition) is 2. The summed E-state index contributed by atoms with van der Waals surface area (Å²) < 4.78 is 5.07. The van der Waals surface area contributed by atoms with Gasteiger partial charge in [-0.3, -0.25) is 4.79 Å². The second-order valence-corrected chi connectivity index (χ2v) is 6.12. The van der Waals surface area contributed by atoms with Crippen LogP contribution in [0.15, 0.2) is 66.3 Å². The van der Waals surface area contributed by atoms with Crippen molar-refractivity contribution in [2.45, 2.75) is 53.4 Å². The highest BCUT2D eigenvalue weighted by Crippen LogP contribution is 2.17. The Hall–Kier alpha value is -1.93. The summed E-state index contributed by atoms with van der Waals surface area (Å²) in [4.78, 5) is 12.5. The fraction of sp³-hybridized carbons (Fsp3) is 0.458. The van der Waals surface area contributed by atoms with Crippen molar-refractivity contribution in [2.24, 2.45) is 5.92 Å². The van der Waals surface area contributed by atoms with Gasteiger partial charge in [0.25, 0.3) is 0 Å². The number of benzene rings is 1. The number of hydrogen-bond donors (Lipinski definition) is 0. The summed E-state index contributed by atoms with van der Waals surface area (Å²) in [5.74, 6) is 0.149. The molecule has 0 bridgehead atoms. The van der Waals surface area contributed by atoms with Crippen LogP contribution >= 0.6 is 0 Å². The summed E-state index contributed by atoms with van der Waals surface area (Å²) in [6, 6.07) is 9.91. The molecule has 1 aromatic carbocycles. The molecule has 1 atom stereocenters. The van der Waals surface area contributed by atoms with Crippen molar-refractivity contribution in [1.29, 1.82) is 0 Å². The molecule has 1 aromatic rings. The average molecular weight is 357 g/mol. The smallest absolute Gasteiger partial charge is 0.143 e. The standard InChI is InChI=1S/C22H30O2.C2H6/c1-5-18(2)13-14-21(12-9-15-24-4)16-19(3)22(23)17-20-10-7-6-8-11-20;1-2/h6-12,16,19H,2,5,13-15,17H2,1,3-4H3;1-2H3/b12-9-,21-16+;. The van der Waals surface area contributed by atoms with E-state index in [1.807, 2.05) is 57.2 Å². The predicted molar refractivity (Wildman–Crippen MR) is 113 cm³/mol. The van der Waals surface area contributed by atoms with Crippen LogP contribution in [0.3, 0.4) is 0 Å². The first-order chi connectivity index (χ1) is 12.6. The lowest BCUT2D eigenvalue weighted by Crippen LogP contribution is -2.12. The molecule has 0 saturated carbocycles. The molecule has 0 radical (unpaired) electrons. The van der Waals surface area contributed by atoms with Gasteiger partial charge in [-0.2, -0.15) is 0 Å². The van der Waals surface area contributed by atoms with Crippen molar-refractivity contribution in [1.82, 2.24) is 0 Å². The van der Waals surface area contributed by atoms with Gasteiger partial charge in [-0.1, -0.05) is 94.0 Å². The summed E-state index contributed by atoms with van der Waals surface area (Å²) in [6.07, 6.45) is 9.50. The molecule has 2 nitrogen and oxygen atoms in total. The zero-order valence-electron chi connectivity index (χ0n) is 17.3. The minimum atomic E-state index is -0.0951. The Balaban J connectivity index is 0.00000301. The van der Waals surface area contributed by atoms with Crippen molar-refractivity contribution >= 4 is 5.78 Å². The van der Waals surface area contributed by atoms with E-state index in [9.17, 15) is 4.79 Å². The zero-order chi connectivity index (χ0) is 19.8. The molecule has 26 heavy (non-hydrogen) atoms.